The molecule has 9 heteroatoms. The van der Waals surface area contributed by atoms with Crippen LogP contribution in [0.25, 0.3) is 0 Å². The van der Waals surface area contributed by atoms with Crippen LogP contribution in [0.5, 0.6) is 0 Å². The number of benzene rings is 2. The first-order chi connectivity index (χ1) is 17.9. The zero-order chi connectivity index (χ0) is 26.4. The summed E-state index contributed by atoms with van der Waals surface area (Å²) in [6, 6.07) is 12.1. The van der Waals surface area contributed by atoms with Gasteiger partial charge in [-0.2, -0.15) is 0 Å². The minimum absolute atomic E-state index is 0.0940. The van der Waals surface area contributed by atoms with Gasteiger partial charge in [0.2, 0.25) is 24.0 Å². The van der Waals surface area contributed by atoms with Gasteiger partial charge in [0.1, 0.15) is 6.04 Å². The molecule has 9 nitrogen and oxygen atoms in total. The molecule has 2 aliphatic heterocycles. The second kappa shape index (κ2) is 11.9. The van der Waals surface area contributed by atoms with Crippen molar-refractivity contribution in [3.05, 3.63) is 70.3 Å². The van der Waals surface area contributed by atoms with E-state index in [1.54, 1.807) is 12.1 Å². The first-order valence-electron chi connectivity index (χ1n) is 12.6. The Morgan fingerprint density at radius 1 is 1.05 bits per heavy atom. The molecule has 0 bridgehead atoms. The monoisotopic (exact) mass is 504 g/mol. The van der Waals surface area contributed by atoms with Crippen molar-refractivity contribution < 1.29 is 24.0 Å². The Hall–Kier alpha value is -3.85. The summed E-state index contributed by atoms with van der Waals surface area (Å²) in [5.41, 5.74) is 3.91. The zero-order valence-corrected chi connectivity index (χ0v) is 20.9. The highest BCUT2D eigenvalue weighted by atomic mass is 16.2. The zero-order valence-electron chi connectivity index (χ0n) is 20.9. The molecule has 4 rings (SSSR count). The van der Waals surface area contributed by atoms with Crippen LogP contribution >= 0.6 is 0 Å². The Morgan fingerprint density at radius 3 is 2.46 bits per heavy atom. The molecule has 2 aromatic rings. The molecule has 0 saturated carbocycles. The van der Waals surface area contributed by atoms with Gasteiger partial charge in [0.05, 0.1) is 0 Å². The molecule has 0 aromatic heterocycles. The van der Waals surface area contributed by atoms with Gasteiger partial charge in [0.25, 0.3) is 5.91 Å². The molecule has 2 aliphatic rings. The Balaban J connectivity index is 1.40. The topological polar surface area (TPSA) is 125 Å². The molecular formula is C28H32N4O5. The smallest absolute Gasteiger partial charge is 0.292 e. The Bertz CT molecular complexity index is 1190. The number of nitrogens with zero attached hydrogens (tertiary/aromatic N) is 1. The quantitative estimate of drug-likeness (QED) is 0.207. The molecule has 2 aromatic carbocycles. The largest absolute Gasteiger partial charge is 0.345 e. The number of hydrogen-bond acceptors (Lipinski definition) is 6. The highest BCUT2D eigenvalue weighted by Gasteiger charge is 2.31. The molecule has 1 atom stereocenters. The van der Waals surface area contributed by atoms with E-state index in [1.807, 2.05) is 37.3 Å². The van der Waals surface area contributed by atoms with Crippen LogP contribution in [0.3, 0.4) is 0 Å². The Labute approximate surface area is 216 Å². The minimum Gasteiger partial charge on any atom is -0.345 e. The average molecular weight is 505 g/mol. The molecule has 2 saturated heterocycles. The number of rotatable bonds is 9. The number of aryl methyl sites for hydroxylation is 1. The van der Waals surface area contributed by atoms with Gasteiger partial charge in [0.15, 0.2) is 0 Å². The lowest BCUT2D eigenvalue weighted by Gasteiger charge is -2.31. The molecule has 0 radical (unpaired) electrons. The maximum absolute atomic E-state index is 12.8. The van der Waals surface area contributed by atoms with Crippen molar-refractivity contribution in [2.75, 3.05) is 13.1 Å². The van der Waals surface area contributed by atoms with E-state index in [0.717, 1.165) is 42.6 Å². The van der Waals surface area contributed by atoms with Crippen LogP contribution in [0, 0.1) is 6.92 Å². The van der Waals surface area contributed by atoms with Gasteiger partial charge in [-0.15, -0.1) is 0 Å². The minimum atomic E-state index is -0.744. The van der Waals surface area contributed by atoms with Gasteiger partial charge < -0.3 is 15.5 Å². The number of piperidine rings is 2. The molecular weight excluding hydrogens is 472 g/mol. The van der Waals surface area contributed by atoms with Crippen molar-refractivity contribution >= 4 is 29.9 Å². The highest BCUT2D eigenvalue weighted by molar-refractivity contribution is 6.42. The molecule has 0 aliphatic carbocycles. The number of ketones is 1. The van der Waals surface area contributed by atoms with Crippen molar-refractivity contribution in [1.82, 2.24) is 20.9 Å². The summed E-state index contributed by atoms with van der Waals surface area (Å²) in [6.07, 6.45) is 3.13. The van der Waals surface area contributed by atoms with E-state index in [1.165, 1.54) is 10.5 Å². The second-order valence-electron chi connectivity index (χ2n) is 9.62. The average Bonchev–Trinajstić information content (AvgIpc) is 2.92. The molecule has 37 heavy (non-hydrogen) atoms. The van der Waals surface area contributed by atoms with Crippen LogP contribution in [-0.4, -0.2) is 53.9 Å². The molecule has 2 heterocycles. The van der Waals surface area contributed by atoms with E-state index in [4.69, 9.17) is 0 Å². The summed E-state index contributed by atoms with van der Waals surface area (Å²) >= 11 is 0. The van der Waals surface area contributed by atoms with Crippen LogP contribution in [0.4, 0.5) is 0 Å². The first-order valence-corrected chi connectivity index (χ1v) is 12.6. The second-order valence-corrected chi connectivity index (χ2v) is 9.62. The number of carbonyl (C=O) groups is 5. The predicted octanol–water partition coefficient (Wildman–Crippen LogP) is 1.72. The third-order valence-electron chi connectivity index (χ3n) is 7.22. The lowest BCUT2D eigenvalue weighted by atomic mass is 9.89. The van der Waals surface area contributed by atoms with Crippen molar-refractivity contribution in [3.8, 4) is 0 Å². The summed E-state index contributed by atoms with van der Waals surface area (Å²) in [4.78, 5) is 62.4. The van der Waals surface area contributed by atoms with Crippen LogP contribution in [-0.2, 0) is 32.3 Å². The van der Waals surface area contributed by atoms with Gasteiger partial charge in [-0.3, -0.25) is 29.3 Å². The number of Topliss-reactive ketones (excluding diaryl/α,β-unsaturated/α-hetero) is 1. The summed E-state index contributed by atoms with van der Waals surface area (Å²) in [6.45, 7) is 4.07. The first kappa shape index (κ1) is 26.2. The molecule has 194 valence electrons. The molecule has 0 spiro atoms. The third-order valence-corrected chi connectivity index (χ3v) is 7.22. The molecule has 4 amide bonds. The van der Waals surface area contributed by atoms with E-state index in [2.05, 4.69) is 16.0 Å². The Morgan fingerprint density at radius 2 is 1.78 bits per heavy atom. The van der Waals surface area contributed by atoms with Crippen molar-refractivity contribution in [2.24, 2.45) is 0 Å². The number of imide groups is 1. The fourth-order valence-corrected chi connectivity index (χ4v) is 5.01. The van der Waals surface area contributed by atoms with Crippen molar-refractivity contribution in [3.63, 3.8) is 0 Å². The van der Waals surface area contributed by atoms with Crippen LogP contribution < -0.4 is 16.0 Å². The van der Waals surface area contributed by atoms with E-state index in [-0.39, 0.29) is 31.8 Å². The van der Waals surface area contributed by atoms with Gasteiger partial charge in [0, 0.05) is 25.1 Å². The Kier molecular flexibility index (Phi) is 8.45. The van der Waals surface area contributed by atoms with E-state index < -0.39 is 23.6 Å². The third kappa shape index (κ3) is 6.29. The van der Waals surface area contributed by atoms with E-state index in [9.17, 15) is 24.0 Å². The van der Waals surface area contributed by atoms with Gasteiger partial charge in [-0.25, -0.2) is 0 Å². The summed E-state index contributed by atoms with van der Waals surface area (Å²) in [5, 5.41) is 8.31. The number of carbonyl (C=O) groups excluding carboxylic acids is 5. The SMILES string of the molecule is Cc1cccc(CNC(=O)C(=O)c2ccc(C3CCNCC3)cc2)c1CN(C=O)C1CCC(=O)NC1=O. The lowest BCUT2D eigenvalue weighted by Crippen LogP contribution is -2.51. The number of hydrogen-bond donors (Lipinski definition) is 3. The predicted molar refractivity (Wildman–Crippen MR) is 136 cm³/mol. The fraction of sp³-hybridized carbons (Fsp3) is 0.393. The molecule has 1 unspecified atom stereocenters. The number of amides is 4. The standard InChI is InChI=1S/C28H32N4O5/c1-18-3-2-4-22(23(18)16-32(17-33)24-9-10-25(34)31-27(24)36)15-30-28(37)26(35)21-7-5-19(6-8-21)20-11-13-29-14-12-20/h2-8,17,20,24,29H,9-16H2,1H3,(H,30,37)(H,31,34,36). The molecule has 2 fully saturated rings. The molecule has 3 N–H and O–H groups in total. The maximum atomic E-state index is 12.8. The van der Waals surface area contributed by atoms with Gasteiger partial charge in [-0.05, 0) is 67.4 Å². The number of nitrogens with one attached hydrogen (secondary N) is 3. The summed E-state index contributed by atoms with van der Waals surface area (Å²) < 4.78 is 0. The van der Waals surface area contributed by atoms with E-state index >= 15 is 0 Å². The van der Waals surface area contributed by atoms with Crippen molar-refractivity contribution in [2.45, 2.75) is 57.7 Å². The summed E-state index contributed by atoms with van der Waals surface area (Å²) in [7, 11) is 0. The highest BCUT2D eigenvalue weighted by Crippen LogP contribution is 2.25. The van der Waals surface area contributed by atoms with Gasteiger partial charge in [-0.1, -0.05) is 42.5 Å². The lowest BCUT2D eigenvalue weighted by molar-refractivity contribution is -0.141. The fourth-order valence-electron chi connectivity index (χ4n) is 5.01. The van der Waals surface area contributed by atoms with Crippen LogP contribution in [0.2, 0.25) is 0 Å². The summed E-state index contributed by atoms with van der Waals surface area (Å²) in [5.74, 6) is -1.70. The normalized spacial score (nSPS) is 18.1. The maximum Gasteiger partial charge on any atom is 0.292 e. The van der Waals surface area contributed by atoms with Gasteiger partial charge >= 0.3 is 0 Å². The van der Waals surface area contributed by atoms with E-state index in [0.29, 0.717) is 17.9 Å². The van der Waals surface area contributed by atoms with Crippen molar-refractivity contribution in [1.29, 1.82) is 0 Å². The van der Waals surface area contributed by atoms with Crippen LogP contribution in [0.1, 0.15) is 64.2 Å². The van der Waals surface area contributed by atoms with Crippen LogP contribution in [0.15, 0.2) is 42.5 Å².